The molecule has 0 aliphatic carbocycles. The van der Waals surface area contributed by atoms with Crippen LogP contribution in [0.1, 0.15) is 17.4 Å². The fraction of sp³-hybridized carbons (Fsp3) is 0.250. The maximum atomic E-state index is 13.3. The van der Waals surface area contributed by atoms with Crippen LogP contribution in [-0.4, -0.2) is 70.9 Å². The summed E-state index contributed by atoms with van der Waals surface area (Å²) < 4.78 is 0. The Labute approximate surface area is 225 Å². The van der Waals surface area contributed by atoms with Gasteiger partial charge in [0.05, 0.1) is 0 Å². The van der Waals surface area contributed by atoms with Crippen LogP contribution < -0.4 is 15.5 Å². The van der Waals surface area contributed by atoms with Crippen LogP contribution >= 0.6 is 11.6 Å². The molecule has 0 bridgehead atoms. The van der Waals surface area contributed by atoms with E-state index in [0.717, 1.165) is 22.2 Å². The van der Waals surface area contributed by atoms with Crippen LogP contribution in [0.2, 0.25) is 5.02 Å². The summed E-state index contributed by atoms with van der Waals surface area (Å²) in [5, 5.41) is 8.55. The van der Waals surface area contributed by atoms with E-state index < -0.39 is 0 Å². The zero-order valence-electron chi connectivity index (χ0n) is 21.0. The van der Waals surface area contributed by atoms with Gasteiger partial charge >= 0.3 is 0 Å². The van der Waals surface area contributed by atoms with E-state index in [1.807, 2.05) is 65.6 Å². The summed E-state index contributed by atoms with van der Waals surface area (Å²) in [4.78, 5) is 42.4. The number of nitrogens with one attached hydrogen (secondary N) is 2. The number of pyridine rings is 1. The van der Waals surface area contributed by atoms with E-state index in [1.165, 1.54) is 6.92 Å². The fourth-order valence-electron chi connectivity index (χ4n) is 4.42. The van der Waals surface area contributed by atoms with Crippen LogP contribution in [0, 0.1) is 0 Å². The van der Waals surface area contributed by atoms with Crippen molar-refractivity contribution in [3.8, 4) is 11.4 Å². The number of aromatic nitrogens is 3. The average molecular weight is 530 g/mol. The molecule has 0 unspecified atom stereocenters. The molecule has 5 rings (SSSR count). The van der Waals surface area contributed by atoms with E-state index in [9.17, 15) is 9.59 Å². The Morgan fingerprint density at radius 2 is 1.71 bits per heavy atom. The largest absolute Gasteiger partial charge is 0.368 e. The minimum atomic E-state index is -0.0804. The highest BCUT2D eigenvalue weighted by Gasteiger charge is 2.25. The monoisotopic (exact) mass is 529 g/mol. The molecule has 4 aromatic rings. The molecule has 2 amide bonds. The number of benzene rings is 2. The first-order valence-corrected chi connectivity index (χ1v) is 12.9. The molecule has 10 heteroatoms. The summed E-state index contributed by atoms with van der Waals surface area (Å²) in [5.41, 5.74) is 1.33. The van der Waals surface area contributed by atoms with Gasteiger partial charge in [-0.3, -0.25) is 14.6 Å². The highest BCUT2D eigenvalue weighted by Crippen LogP contribution is 2.25. The van der Waals surface area contributed by atoms with Gasteiger partial charge in [0.25, 0.3) is 5.91 Å². The Morgan fingerprint density at radius 3 is 2.47 bits per heavy atom. The second-order valence-corrected chi connectivity index (χ2v) is 9.45. The predicted molar refractivity (Wildman–Crippen MR) is 150 cm³/mol. The number of hydrogen-bond donors (Lipinski definition) is 2. The van der Waals surface area contributed by atoms with Crippen LogP contribution in [0.4, 0.5) is 11.6 Å². The molecular weight excluding hydrogens is 502 g/mol. The molecule has 38 heavy (non-hydrogen) atoms. The SMILES string of the molecule is CC(=O)NCCNc1cc(N2CCN(C(=O)c3nccc4ccccc34)CC2)nc(-c2ccc(Cl)cc2)n1. The molecule has 0 atom stereocenters. The lowest BCUT2D eigenvalue weighted by atomic mass is 10.1. The van der Waals surface area contributed by atoms with Gasteiger partial charge in [0.1, 0.15) is 17.3 Å². The van der Waals surface area contributed by atoms with Crippen molar-refractivity contribution in [2.45, 2.75) is 6.92 Å². The van der Waals surface area contributed by atoms with Crippen molar-refractivity contribution in [2.24, 2.45) is 0 Å². The number of anilines is 2. The Hall–Kier alpha value is -4.24. The number of hydrogen-bond acceptors (Lipinski definition) is 7. The number of piperazine rings is 1. The minimum absolute atomic E-state index is 0.0636. The van der Waals surface area contributed by atoms with E-state index in [0.29, 0.717) is 61.6 Å². The topological polar surface area (TPSA) is 103 Å². The first kappa shape index (κ1) is 25.4. The number of carbonyl (C=O) groups excluding carboxylic acids is 2. The van der Waals surface area contributed by atoms with Gasteiger partial charge < -0.3 is 20.4 Å². The van der Waals surface area contributed by atoms with Gasteiger partial charge in [-0.2, -0.15) is 0 Å². The molecule has 194 valence electrons. The van der Waals surface area contributed by atoms with Crippen LogP contribution in [0.25, 0.3) is 22.2 Å². The highest BCUT2D eigenvalue weighted by atomic mass is 35.5. The first-order chi connectivity index (χ1) is 18.5. The van der Waals surface area contributed by atoms with Crippen LogP contribution in [0.15, 0.2) is 66.9 Å². The van der Waals surface area contributed by atoms with Crippen molar-refractivity contribution >= 4 is 45.8 Å². The summed E-state index contributed by atoms with van der Waals surface area (Å²) in [5.74, 6) is 1.85. The first-order valence-electron chi connectivity index (χ1n) is 12.5. The van der Waals surface area contributed by atoms with Crippen molar-refractivity contribution in [3.63, 3.8) is 0 Å². The molecule has 2 aromatic carbocycles. The van der Waals surface area contributed by atoms with Crippen LogP contribution in [0.3, 0.4) is 0 Å². The predicted octanol–water partition coefficient (Wildman–Crippen LogP) is 3.86. The van der Waals surface area contributed by atoms with Crippen molar-refractivity contribution in [1.29, 1.82) is 0 Å². The average Bonchev–Trinajstić information content (AvgIpc) is 2.95. The Morgan fingerprint density at radius 1 is 0.947 bits per heavy atom. The van der Waals surface area contributed by atoms with Gasteiger partial charge in [0, 0.05) is 74.4 Å². The lowest BCUT2D eigenvalue weighted by molar-refractivity contribution is -0.118. The lowest BCUT2D eigenvalue weighted by Crippen LogP contribution is -2.49. The molecular formula is C28H28ClN7O2. The third-order valence-corrected chi connectivity index (χ3v) is 6.64. The number of rotatable bonds is 7. The number of carbonyl (C=O) groups is 2. The molecule has 1 aliphatic rings. The van der Waals surface area contributed by atoms with Gasteiger partial charge in [-0.15, -0.1) is 0 Å². The summed E-state index contributed by atoms with van der Waals surface area (Å²) in [6.07, 6.45) is 1.69. The van der Waals surface area contributed by atoms with E-state index in [1.54, 1.807) is 6.20 Å². The van der Waals surface area contributed by atoms with Gasteiger partial charge in [0.15, 0.2) is 5.82 Å². The lowest BCUT2D eigenvalue weighted by Gasteiger charge is -2.35. The van der Waals surface area contributed by atoms with Crippen molar-refractivity contribution in [1.82, 2.24) is 25.2 Å². The maximum Gasteiger partial charge on any atom is 0.273 e. The minimum Gasteiger partial charge on any atom is -0.368 e. The molecule has 1 saturated heterocycles. The molecule has 1 aliphatic heterocycles. The van der Waals surface area contributed by atoms with E-state index in [4.69, 9.17) is 16.6 Å². The second-order valence-electron chi connectivity index (χ2n) is 9.01. The maximum absolute atomic E-state index is 13.3. The number of nitrogens with zero attached hydrogens (tertiary/aromatic N) is 5. The number of amides is 2. The van der Waals surface area contributed by atoms with Crippen molar-refractivity contribution in [3.05, 3.63) is 77.6 Å². The molecule has 1 fully saturated rings. The molecule has 0 saturated carbocycles. The van der Waals surface area contributed by atoms with Crippen molar-refractivity contribution < 1.29 is 9.59 Å². The zero-order chi connectivity index (χ0) is 26.5. The molecule has 3 heterocycles. The van der Waals surface area contributed by atoms with E-state index >= 15 is 0 Å². The molecule has 2 N–H and O–H groups in total. The van der Waals surface area contributed by atoms with Gasteiger partial charge in [0.2, 0.25) is 5.91 Å². The fourth-order valence-corrected chi connectivity index (χ4v) is 4.55. The summed E-state index contributed by atoms with van der Waals surface area (Å²) in [7, 11) is 0. The van der Waals surface area contributed by atoms with Crippen LogP contribution in [-0.2, 0) is 4.79 Å². The number of halogens is 1. The summed E-state index contributed by atoms with van der Waals surface area (Å²) >= 11 is 6.08. The zero-order valence-corrected chi connectivity index (χ0v) is 21.8. The quantitative estimate of drug-likeness (QED) is 0.350. The third-order valence-electron chi connectivity index (χ3n) is 6.39. The molecule has 9 nitrogen and oxygen atoms in total. The van der Waals surface area contributed by atoms with Gasteiger partial charge in [-0.05, 0) is 35.7 Å². The number of fused-ring (bicyclic) bond motifs is 1. The highest BCUT2D eigenvalue weighted by molar-refractivity contribution is 6.30. The standard InChI is InChI=1S/C28H28ClN7O2/c1-19(37)30-12-13-31-24-18-25(34-27(33-24)21-6-8-22(29)9-7-21)35-14-16-36(17-15-35)28(38)26-23-5-3-2-4-20(23)10-11-32-26/h2-11,18H,12-17H2,1H3,(H,30,37)(H,31,33,34). The van der Waals surface area contributed by atoms with Gasteiger partial charge in [-0.25, -0.2) is 9.97 Å². The van der Waals surface area contributed by atoms with Gasteiger partial charge in [-0.1, -0.05) is 35.9 Å². The van der Waals surface area contributed by atoms with Crippen LogP contribution in [0.5, 0.6) is 0 Å². The molecule has 0 spiro atoms. The molecule has 0 radical (unpaired) electrons. The Kier molecular flexibility index (Phi) is 7.65. The Balaban J connectivity index is 1.33. The third kappa shape index (κ3) is 5.84. The van der Waals surface area contributed by atoms with E-state index in [-0.39, 0.29) is 11.8 Å². The molecule has 2 aromatic heterocycles. The van der Waals surface area contributed by atoms with E-state index in [2.05, 4.69) is 25.5 Å². The summed E-state index contributed by atoms with van der Waals surface area (Å²) in [6.45, 7) is 4.84. The Bertz CT molecular complexity index is 1450. The second kappa shape index (κ2) is 11.4. The summed E-state index contributed by atoms with van der Waals surface area (Å²) in [6, 6.07) is 19.0. The normalized spacial score (nSPS) is 13.4. The van der Waals surface area contributed by atoms with Crippen molar-refractivity contribution in [2.75, 3.05) is 49.5 Å². The smallest absolute Gasteiger partial charge is 0.273 e.